The van der Waals surface area contributed by atoms with E-state index in [0.717, 1.165) is 36.9 Å². The highest BCUT2D eigenvalue weighted by atomic mass is 16.2. The second kappa shape index (κ2) is 6.11. The van der Waals surface area contributed by atoms with Crippen molar-refractivity contribution >= 4 is 17.5 Å². The zero-order valence-electron chi connectivity index (χ0n) is 13.3. The van der Waals surface area contributed by atoms with Crippen LogP contribution in [0, 0.1) is 0 Å². The van der Waals surface area contributed by atoms with Gasteiger partial charge in [0.1, 0.15) is 0 Å². The molecule has 4 nitrogen and oxygen atoms in total. The van der Waals surface area contributed by atoms with E-state index in [1.165, 1.54) is 0 Å². The molecule has 1 heterocycles. The second-order valence-corrected chi connectivity index (χ2v) is 6.34. The van der Waals surface area contributed by atoms with Crippen LogP contribution in [0.3, 0.4) is 0 Å². The maximum atomic E-state index is 13.2. The van der Waals surface area contributed by atoms with Crippen molar-refractivity contribution in [2.45, 2.75) is 64.0 Å². The number of fused-ring (bicyclic) bond motifs is 1. The molecule has 1 saturated carbocycles. The molecule has 4 heteroatoms. The average Bonchev–Trinajstić information content (AvgIpc) is 3.35. The van der Waals surface area contributed by atoms with E-state index in [2.05, 4.69) is 24.1 Å². The summed E-state index contributed by atoms with van der Waals surface area (Å²) in [5.41, 5.74) is 1.75. The molecule has 118 valence electrons. The number of nitrogens with one attached hydrogen (secondary N) is 1. The normalized spacial score (nSPS) is 20.5. The van der Waals surface area contributed by atoms with E-state index in [1.807, 2.05) is 24.3 Å². The first-order valence-corrected chi connectivity index (χ1v) is 8.36. The Morgan fingerprint density at radius 3 is 2.59 bits per heavy atom. The van der Waals surface area contributed by atoms with Gasteiger partial charge in [-0.3, -0.25) is 9.59 Å². The minimum Gasteiger partial charge on any atom is -0.336 e. The van der Waals surface area contributed by atoms with Crippen molar-refractivity contribution in [3.8, 4) is 0 Å². The van der Waals surface area contributed by atoms with Crippen LogP contribution in [0.5, 0.6) is 0 Å². The zero-order chi connectivity index (χ0) is 15.7. The summed E-state index contributed by atoms with van der Waals surface area (Å²) >= 11 is 0. The smallest absolute Gasteiger partial charge is 0.231 e. The highest BCUT2D eigenvalue weighted by Crippen LogP contribution is 2.38. The standard InChI is InChI=1S/C18H24N2O2/c1-3-12(4-2)20(13-9-10-13)18(22)15-11-17(21)19-16-8-6-5-7-14(15)16/h5-8,12-13,15H,3-4,9-11H2,1-2H3,(H,19,21)/t15-/m0/s1. The minimum atomic E-state index is -0.328. The van der Waals surface area contributed by atoms with Gasteiger partial charge in [0.05, 0.1) is 5.92 Å². The summed E-state index contributed by atoms with van der Waals surface area (Å²) in [5.74, 6) is -0.248. The molecule has 0 spiro atoms. The Morgan fingerprint density at radius 1 is 1.27 bits per heavy atom. The number of benzene rings is 1. The van der Waals surface area contributed by atoms with E-state index in [9.17, 15) is 9.59 Å². The van der Waals surface area contributed by atoms with Crippen LogP contribution in [0.4, 0.5) is 5.69 Å². The van der Waals surface area contributed by atoms with Crippen molar-refractivity contribution < 1.29 is 9.59 Å². The Bertz CT molecular complexity index is 576. The SMILES string of the molecule is CCC(CC)N(C(=O)[C@H]1CC(=O)Nc2ccccc21)C1CC1. The van der Waals surface area contributed by atoms with Gasteiger partial charge in [0.2, 0.25) is 11.8 Å². The highest BCUT2D eigenvalue weighted by molar-refractivity contribution is 6.01. The highest BCUT2D eigenvalue weighted by Gasteiger charge is 2.41. The molecule has 1 aromatic rings. The molecule has 22 heavy (non-hydrogen) atoms. The Kier molecular flexibility index (Phi) is 4.19. The van der Waals surface area contributed by atoms with Crippen LogP contribution in [0.15, 0.2) is 24.3 Å². The lowest BCUT2D eigenvalue weighted by atomic mass is 9.88. The number of hydrogen-bond acceptors (Lipinski definition) is 2. The third-order valence-corrected chi connectivity index (χ3v) is 4.83. The molecule has 2 aliphatic rings. The maximum Gasteiger partial charge on any atom is 0.231 e. The van der Waals surface area contributed by atoms with Gasteiger partial charge in [0, 0.05) is 24.2 Å². The molecular weight excluding hydrogens is 276 g/mol. The summed E-state index contributed by atoms with van der Waals surface area (Å²) < 4.78 is 0. The molecule has 0 bridgehead atoms. The van der Waals surface area contributed by atoms with Crippen LogP contribution >= 0.6 is 0 Å². The van der Waals surface area contributed by atoms with Crippen molar-refractivity contribution in [2.24, 2.45) is 0 Å². The first-order chi connectivity index (χ1) is 10.7. The lowest BCUT2D eigenvalue weighted by molar-refractivity contribution is -0.138. The summed E-state index contributed by atoms with van der Waals surface area (Å²) in [5, 5.41) is 2.88. The molecule has 1 atom stereocenters. The Labute approximate surface area is 131 Å². The van der Waals surface area contributed by atoms with Gasteiger partial charge in [-0.25, -0.2) is 0 Å². The molecule has 1 N–H and O–H groups in total. The van der Waals surface area contributed by atoms with Gasteiger partial charge in [-0.05, 0) is 37.3 Å². The van der Waals surface area contributed by atoms with E-state index in [4.69, 9.17) is 0 Å². The van der Waals surface area contributed by atoms with Crippen LogP contribution in [0.25, 0.3) is 0 Å². The number of nitrogens with zero attached hydrogens (tertiary/aromatic N) is 1. The van der Waals surface area contributed by atoms with Gasteiger partial charge in [0.15, 0.2) is 0 Å². The minimum absolute atomic E-state index is 0.0580. The molecule has 0 unspecified atom stereocenters. The van der Waals surface area contributed by atoms with Crippen molar-refractivity contribution in [2.75, 3.05) is 5.32 Å². The third kappa shape index (κ3) is 2.74. The molecule has 0 saturated heterocycles. The molecule has 2 amide bonds. The van der Waals surface area contributed by atoms with Crippen molar-refractivity contribution in [1.29, 1.82) is 0 Å². The van der Waals surface area contributed by atoms with Gasteiger partial charge in [-0.2, -0.15) is 0 Å². The predicted octanol–water partition coefficient (Wildman–Crippen LogP) is 3.29. The van der Waals surface area contributed by atoms with Gasteiger partial charge >= 0.3 is 0 Å². The fourth-order valence-electron chi connectivity index (χ4n) is 3.50. The fraction of sp³-hybridized carbons (Fsp3) is 0.556. The second-order valence-electron chi connectivity index (χ2n) is 6.34. The van der Waals surface area contributed by atoms with Crippen LogP contribution in [-0.4, -0.2) is 28.8 Å². The average molecular weight is 300 g/mol. The van der Waals surface area contributed by atoms with E-state index in [0.29, 0.717) is 6.04 Å². The van der Waals surface area contributed by atoms with Crippen LogP contribution in [-0.2, 0) is 9.59 Å². The lowest BCUT2D eigenvalue weighted by Crippen LogP contribution is -2.45. The summed E-state index contributed by atoms with van der Waals surface area (Å²) in [4.78, 5) is 27.3. The van der Waals surface area contributed by atoms with Crippen LogP contribution in [0.2, 0.25) is 0 Å². The fourth-order valence-corrected chi connectivity index (χ4v) is 3.50. The van der Waals surface area contributed by atoms with Gasteiger partial charge in [-0.1, -0.05) is 32.0 Å². The first-order valence-electron chi connectivity index (χ1n) is 8.36. The molecule has 3 rings (SSSR count). The molecule has 1 fully saturated rings. The van der Waals surface area contributed by atoms with Gasteiger partial charge in [-0.15, -0.1) is 0 Å². The van der Waals surface area contributed by atoms with Gasteiger partial charge < -0.3 is 10.2 Å². The van der Waals surface area contributed by atoms with E-state index >= 15 is 0 Å². The van der Waals surface area contributed by atoms with E-state index in [-0.39, 0.29) is 30.2 Å². The number of hydrogen-bond donors (Lipinski definition) is 1. The molecule has 0 aromatic heterocycles. The molecule has 1 aromatic carbocycles. The first kappa shape index (κ1) is 15.1. The lowest BCUT2D eigenvalue weighted by Gasteiger charge is -2.35. The monoisotopic (exact) mass is 300 g/mol. The Morgan fingerprint density at radius 2 is 1.95 bits per heavy atom. The summed E-state index contributed by atoms with van der Waals surface area (Å²) in [6, 6.07) is 8.35. The number of para-hydroxylation sites is 1. The van der Waals surface area contributed by atoms with Crippen molar-refractivity contribution in [3.63, 3.8) is 0 Å². The number of amides is 2. The van der Waals surface area contributed by atoms with E-state index < -0.39 is 0 Å². The largest absolute Gasteiger partial charge is 0.336 e. The third-order valence-electron chi connectivity index (χ3n) is 4.83. The number of rotatable bonds is 5. The van der Waals surface area contributed by atoms with Gasteiger partial charge in [0.25, 0.3) is 0 Å². The maximum absolute atomic E-state index is 13.2. The molecule has 1 aliphatic heterocycles. The molecular formula is C18H24N2O2. The predicted molar refractivity (Wildman–Crippen MR) is 86.7 cm³/mol. The summed E-state index contributed by atoms with van der Waals surface area (Å²) in [6.07, 6.45) is 4.41. The molecule has 0 radical (unpaired) electrons. The topological polar surface area (TPSA) is 49.4 Å². The van der Waals surface area contributed by atoms with Crippen LogP contribution < -0.4 is 5.32 Å². The van der Waals surface area contributed by atoms with Crippen molar-refractivity contribution in [1.82, 2.24) is 4.90 Å². The van der Waals surface area contributed by atoms with Crippen LogP contribution in [0.1, 0.15) is 57.4 Å². The Balaban J connectivity index is 1.92. The number of carbonyl (C=O) groups excluding carboxylic acids is 2. The molecule has 1 aliphatic carbocycles. The number of anilines is 1. The number of carbonyl (C=O) groups is 2. The summed E-state index contributed by atoms with van der Waals surface area (Å²) in [7, 11) is 0. The van der Waals surface area contributed by atoms with E-state index in [1.54, 1.807) is 0 Å². The summed E-state index contributed by atoms with van der Waals surface area (Å²) in [6.45, 7) is 4.27. The van der Waals surface area contributed by atoms with Crippen molar-refractivity contribution in [3.05, 3.63) is 29.8 Å². The Hall–Kier alpha value is -1.84. The zero-order valence-corrected chi connectivity index (χ0v) is 13.3. The quantitative estimate of drug-likeness (QED) is 0.907.